The Morgan fingerprint density at radius 2 is 2.06 bits per heavy atom. The monoisotopic (exact) mass is 231 g/mol. The number of hydrogen-bond donors (Lipinski definition) is 2. The third-order valence-corrected chi connectivity index (χ3v) is 3.07. The summed E-state index contributed by atoms with van der Waals surface area (Å²) < 4.78 is 11.0. The van der Waals surface area contributed by atoms with E-state index in [-0.39, 0.29) is 6.61 Å². The minimum absolute atomic E-state index is 0.0834. The van der Waals surface area contributed by atoms with E-state index in [0.29, 0.717) is 38.0 Å². The van der Waals surface area contributed by atoms with E-state index >= 15 is 0 Å². The molecule has 1 aliphatic heterocycles. The smallest absolute Gasteiger partial charge is 0.0729 e. The molecule has 0 aromatic carbocycles. The molecule has 96 valence electrons. The number of rotatable bonds is 7. The second kappa shape index (κ2) is 8.01. The van der Waals surface area contributed by atoms with Gasteiger partial charge < -0.3 is 19.9 Å². The van der Waals surface area contributed by atoms with E-state index in [0.717, 1.165) is 12.8 Å². The number of nitrogens with one attached hydrogen (secondary N) is 1. The number of aliphatic hydroxyl groups excluding tert-OH is 1. The molecule has 0 saturated carbocycles. The van der Waals surface area contributed by atoms with Gasteiger partial charge in [-0.15, -0.1) is 0 Å². The summed E-state index contributed by atoms with van der Waals surface area (Å²) in [6, 6.07) is 1.08. The summed E-state index contributed by atoms with van der Waals surface area (Å²) in [4.78, 5) is 0. The normalized spacial score (nSPS) is 30.6. The van der Waals surface area contributed by atoms with Crippen molar-refractivity contribution in [3.63, 3.8) is 0 Å². The second-order valence-electron chi connectivity index (χ2n) is 4.41. The Morgan fingerprint density at radius 3 is 2.75 bits per heavy atom. The Hall–Kier alpha value is -0.160. The lowest BCUT2D eigenvalue weighted by molar-refractivity contribution is -0.0328. The van der Waals surface area contributed by atoms with Gasteiger partial charge in [0, 0.05) is 12.1 Å². The molecule has 0 aromatic rings. The predicted molar refractivity (Wildman–Crippen MR) is 63.6 cm³/mol. The fourth-order valence-corrected chi connectivity index (χ4v) is 2.18. The summed E-state index contributed by atoms with van der Waals surface area (Å²) >= 11 is 0. The Labute approximate surface area is 98.3 Å². The van der Waals surface area contributed by atoms with E-state index in [9.17, 15) is 0 Å². The number of aliphatic hydroxyl groups is 1. The van der Waals surface area contributed by atoms with Gasteiger partial charge in [0.15, 0.2) is 0 Å². The molecule has 16 heavy (non-hydrogen) atoms. The highest BCUT2D eigenvalue weighted by molar-refractivity contribution is 4.84. The molecule has 3 unspecified atom stereocenters. The second-order valence-corrected chi connectivity index (χ2v) is 4.41. The topological polar surface area (TPSA) is 50.7 Å². The number of hydrogen-bond acceptors (Lipinski definition) is 4. The zero-order valence-corrected chi connectivity index (χ0v) is 10.4. The Kier molecular flexibility index (Phi) is 6.96. The Bertz CT molecular complexity index is 178. The summed E-state index contributed by atoms with van der Waals surface area (Å²) in [6.45, 7) is 6.10. The van der Waals surface area contributed by atoms with Crippen LogP contribution in [0.1, 0.15) is 33.1 Å². The van der Waals surface area contributed by atoms with Crippen LogP contribution in [-0.4, -0.2) is 49.7 Å². The van der Waals surface area contributed by atoms with Gasteiger partial charge in [0.05, 0.1) is 32.5 Å². The first kappa shape index (κ1) is 13.9. The minimum Gasteiger partial charge on any atom is -0.394 e. The highest BCUT2D eigenvalue weighted by atomic mass is 16.5. The van der Waals surface area contributed by atoms with Crippen molar-refractivity contribution in [2.45, 2.75) is 51.3 Å². The zero-order valence-electron chi connectivity index (χ0n) is 10.4. The van der Waals surface area contributed by atoms with Crippen molar-refractivity contribution in [2.24, 2.45) is 0 Å². The lowest BCUT2D eigenvalue weighted by Gasteiger charge is -2.35. The van der Waals surface area contributed by atoms with E-state index in [1.807, 2.05) is 0 Å². The van der Waals surface area contributed by atoms with Gasteiger partial charge >= 0.3 is 0 Å². The molecule has 0 spiro atoms. The molecule has 2 N–H and O–H groups in total. The average molecular weight is 231 g/mol. The maximum absolute atomic E-state index is 8.55. The minimum atomic E-state index is 0.0834. The van der Waals surface area contributed by atoms with Crippen LogP contribution in [0.4, 0.5) is 0 Å². The molecule has 1 saturated heterocycles. The van der Waals surface area contributed by atoms with Gasteiger partial charge in [-0.25, -0.2) is 0 Å². The van der Waals surface area contributed by atoms with Crippen LogP contribution in [0, 0.1) is 0 Å². The number of piperidine rings is 1. The SMILES string of the molecule is CCC1NC(C)CCC1OCCOCCO. The van der Waals surface area contributed by atoms with Crippen molar-refractivity contribution in [3.8, 4) is 0 Å². The molecule has 0 radical (unpaired) electrons. The van der Waals surface area contributed by atoms with Crippen molar-refractivity contribution in [1.29, 1.82) is 0 Å². The average Bonchev–Trinajstić information content (AvgIpc) is 2.30. The standard InChI is InChI=1S/C12H25NO3/c1-3-11-12(5-4-10(2)13-11)16-9-8-15-7-6-14/h10-14H,3-9H2,1-2H3. The van der Waals surface area contributed by atoms with E-state index in [1.165, 1.54) is 6.42 Å². The molecule has 1 heterocycles. The first-order chi connectivity index (χ1) is 7.77. The van der Waals surface area contributed by atoms with Crippen LogP contribution in [0.2, 0.25) is 0 Å². The van der Waals surface area contributed by atoms with Crippen molar-refractivity contribution >= 4 is 0 Å². The summed E-state index contributed by atoms with van der Waals surface area (Å²) in [5.41, 5.74) is 0. The van der Waals surface area contributed by atoms with Crippen molar-refractivity contribution in [1.82, 2.24) is 5.32 Å². The van der Waals surface area contributed by atoms with Crippen LogP contribution < -0.4 is 5.32 Å². The van der Waals surface area contributed by atoms with Crippen LogP contribution in [-0.2, 0) is 9.47 Å². The van der Waals surface area contributed by atoms with E-state index in [2.05, 4.69) is 19.2 Å². The quantitative estimate of drug-likeness (QED) is 0.640. The molecular weight excluding hydrogens is 206 g/mol. The highest BCUT2D eigenvalue weighted by Crippen LogP contribution is 2.18. The summed E-state index contributed by atoms with van der Waals surface area (Å²) in [7, 11) is 0. The van der Waals surface area contributed by atoms with Gasteiger partial charge in [0.2, 0.25) is 0 Å². The van der Waals surface area contributed by atoms with Gasteiger partial charge in [-0.1, -0.05) is 6.92 Å². The molecule has 1 aliphatic rings. The predicted octanol–water partition coefficient (Wildman–Crippen LogP) is 0.931. The Morgan fingerprint density at radius 1 is 1.25 bits per heavy atom. The van der Waals surface area contributed by atoms with Crippen LogP contribution in [0.3, 0.4) is 0 Å². The molecule has 3 atom stereocenters. The molecule has 0 aromatic heterocycles. The largest absolute Gasteiger partial charge is 0.394 e. The van der Waals surface area contributed by atoms with Gasteiger partial charge in [-0.2, -0.15) is 0 Å². The van der Waals surface area contributed by atoms with E-state index < -0.39 is 0 Å². The molecule has 1 fully saturated rings. The van der Waals surface area contributed by atoms with Gasteiger partial charge in [0.1, 0.15) is 0 Å². The van der Waals surface area contributed by atoms with E-state index in [4.69, 9.17) is 14.6 Å². The van der Waals surface area contributed by atoms with Crippen molar-refractivity contribution in [3.05, 3.63) is 0 Å². The molecule has 4 heteroatoms. The summed E-state index contributed by atoms with van der Waals surface area (Å²) in [5.74, 6) is 0. The maximum Gasteiger partial charge on any atom is 0.0729 e. The first-order valence-corrected chi connectivity index (χ1v) is 6.34. The molecule has 4 nitrogen and oxygen atoms in total. The fourth-order valence-electron chi connectivity index (χ4n) is 2.18. The molecule has 0 aliphatic carbocycles. The number of ether oxygens (including phenoxy) is 2. The van der Waals surface area contributed by atoms with Crippen molar-refractivity contribution < 1.29 is 14.6 Å². The van der Waals surface area contributed by atoms with Crippen LogP contribution in [0.25, 0.3) is 0 Å². The summed E-state index contributed by atoms with van der Waals surface area (Å²) in [6.07, 6.45) is 3.73. The third kappa shape index (κ3) is 4.78. The molecule has 1 rings (SSSR count). The van der Waals surface area contributed by atoms with Crippen LogP contribution >= 0.6 is 0 Å². The van der Waals surface area contributed by atoms with Crippen LogP contribution in [0.15, 0.2) is 0 Å². The zero-order chi connectivity index (χ0) is 11.8. The van der Waals surface area contributed by atoms with Crippen LogP contribution in [0.5, 0.6) is 0 Å². The molecule has 0 amide bonds. The third-order valence-electron chi connectivity index (χ3n) is 3.07. The molecular formula is C12H25NO3. The Balaban J connectivity index is 2.14. The first-order valence-electron chi connectivity index (χ1n) is 6.34. The van der Waals surface area contributed by atoms with E-state index in [1.54, 1.807) is 0 Å². The highest BCUT2D eigenvalue weighted by Gasteiger charge is 2.26. The van der Waals surface area contributed by atoms with Crippen molar-refractivity contribution in [2.75, 3.05) is 26.4 Å². The lowest BCUT2D eigenvalue weighted by atomic mass is 9.95. The summed E-state index contributed by atoms with van der Waals surface area (Å²) in [5, 5.41) is 12.1. The maximum atomic E-state index is 8.55. The lowest BCUT2D eigenvalue weighted by Crippen LogP contribution is -2.50. The van der Waals surface area contributed by atoms with Gasteiger partial charge in [-0.3, -0.25) is 0 Å². The molecule has 0 bridgehead atoms. The fraction of sp³-hybridized carbons (Fsp3) is 1.00. The van der Waals surface area contributed by atoms with Gasteiger partial charge in [0.25, 0.3) is 0 Å². The van der Waals surface area contributed by atoms with Gasteiger partial charge in [-0.05, 0) is 26.2 Å².